The quantitative estimate of drug-likeness (QED) is 0.433. The van der Waals surface area contributed by atoms with Gasteiger partial charge in [0.15, 0.2) is 29.6 Å². The molecule has 0 spiro atoms. The molecule has 2 N–H and O–H groups in total. The molecule has 0 unspecified atom stereocenters. The van der Waals surface area contributed by atoms with Gasteiger partial charge < -0.3 is 18.9 Å². The Morgan fingerprint density at radius 3 is 2.48 bits per heavy atom. The zero-order chi connectivity index (χ0) is 22.4. The minimum Gasteiger partial charge on any atom is -0.454 e. The number of amides is 1. The topological polar surface area (TPSA) is 181 Å². The Hall–Kier alpha value is -3.81. The van der Waals surface area contributed by atoms with Crippen molar-refractivity contribution in [3.05, 3.63) is 16.7 Å². The lowest BCUT2D eigenvalue weighted by atomic mass is 10.1. The van der Waals surface area contributed by atoms with E-state index >= 15 is 0 Å². The second kappa shape index (κ2) is 7.46. The van der Waals surface area contributed by atoms with Gasteiger partial charge in [0.25, 0.3) is 5.56 Å². The van der Waals surface area contributed by atoms with E-state index in [1.54, 1.807) is 0 Å². The van der Waals surface area contributed by atoms with Gasteiger partial charge in [0.2, 0.25) is 18.0 Å². The number of hydrogen-bond acceptors (Lipinski definition) is 11. The van der Waals surface area contributed by atoms with Gasteiger partial charge in [-0.2, -0.15) is 4.98 Å². The van der Waals surface area contributed by atoms with Crippen molar-refractivity contribution >= 4 is 40.9 Å². The molecule has 14 nitrogen and oxygen atoms in total. The number of imidazole rings is 1. The van der Waals surface area contributed by atoms with Gasteiger partial charge in [-0.1, -0.05) is 0 Å². The van der Waals surface area contributed by atoms with Gasteiger partial charge in [-0.15, -0.1) is 0 Å². The molecule has 31 heavy (non-hydrogen) atoms. The van der Waals surface area contributed by atoms with Crippen LogP contribution in [-0.4, -0.2) is 67.7 Å². The molecule has 2 aromatic rings. The van der Waals surface area contributed by atoms with Crippen LogP contribution < -0.4 is 10.9 Å². The minimum absolute atomic E-state index is 0.0109. The normalized spacial score (nSPS) is 26.9. The Labute approximate surface area is 172 Å². The van der Waals surface area contributed by atoms with Gasteiger partial charge in [0.1, 0.15) is 12.4 Å². The highest BCUT2D eigenvalue weighted by Crippen LogP contribution is 2.40. The zero-order valence-electron chi connectivity index (χ0n) is 16.5. The van der Waals surface area contributed by atoms with Gasteiger partial charge >= 0.3 is 17.9 Å². The number of carbonyl (C=O) groups is 4. The average molecular weight is 435 g/mol. The summed E-state index contributed by atoms with van der Waals surface area (Å²) in [4.78, 5) is 69.5. The van der Waals surface area contributed by atoms with Crippen LogP contribution in [0.2, 0.25) is 0 Å². The van der Waals surface area contributed by atoms with Crippen molar-refractivity contribution in [2.75, 3.05) is 5.32 Å². The average Bonchev–Trinajstić information content (AvgIpc) is 3.29. The van der Waals surface area contributed by atoms with Gasteiger partial charge in [-0.3, -0.25) is 34.0 Å². The Morgan fingerprint density at radius 2 is 1.84 bits per heavy atom. The SMILES string of the molecule is CC(=O)Nc1nc2ncn([C@@H]3O[C@H]4[C@H](OC(=O)[C@H]4OC(C)=O)[C@H]3OC(C)=O)c2c(=O)[nH]1. The fourth-order valence-corrected chi connectivity index (χ4v) is 3.58. The van der Waals surface area contributed by atoms with Crippen LogP contribution in [0.5, 0.6) is 0 Å². The Bertz CT molecular complexity index is 1150. The highest BCUT2D eigenvalue weighted by atomic mass is 16.7. The maximum absolute atomic E-state index is 12.6. The number of carbonyl (C=O) groups excluding carboxylic acids is 4. The number of aromatic nitrogens is 4. The zero-order valence-corrected chi connectivity index (χ0v) is 16.5. The monoisotopic (exact) mass is 435 g/mol. The molecule has 0 saturated carbocycles. The summed E-state index contributed by atoms with van der Waals surface area (Å²) in [7, 11) is 0. The van der Waals surface area contributed by atoms with Crippen LogP contribution in [0.15, 0.2) is 11.1 Å². The molecule has 2 aromatic heterocycles. The lowest BCUT2D eigenvalue weighted by molar-refractivity contribution is -0.174. The summed E-state index contributed by atoms with van der Waals surface area (Å²) in [6.07, 6.45) is -4.57. The van der Waals surface area contributed by atoms with Crippen LogP contribution in [0, 0.1) is 0 Å². The third kappa shape index (κ3) is 3.61. The number of aromatic amines is 1. The maximum atomic E-state index is 12.6. The summed E-state index contributed by atoms with van der Waals surface area (Å²) < 4.78 is 22.7. The fourth-order valence-electron chi connectivity index (χ4n) is 3.58. The molecule has 0 bridgehead atoms. The van der Waals surface area contributed by atoms with Crippen molar-refractivity contribution in [3.8, 4) is 0 Å². The van der Waals surface area contributed by atoms with Gasteiger partial charge in [-0.05, 0) is 0 Å². The summed E-state index contributed by atoms with van der Waals surface area (Å²) in [5, 5.41) is 2.35. The first-order valence-electron chi connectivity index (χ1n) is 9.10. The smallest absolute Gasteiger partial charge is 0.350 e. The Morgan fingerprint density at radius 1 is 1.13 bits per heavy atom. The van der Waals surface area contributed by atoms with Crippen molar-refractivity contribution in [1.82, 2.24) is 19.5 Å². The first-order chi connectivity index (χ1) is 14.7. The molecule has 4 rings (SSSR count). The number of ether oxygens (including phenoxy) is 4. The van der Waals surface area contributed by atoms with Crippen molar-refractivity contribution < 1.29 is 38.1 Å². The van der Waals surface area contributed by atoms with E-state index in [9.17, 15) is 24.0 Å². The number of esters is 3. The van der Waals surface area contributed by atoms with Crippen LogP contribution in [-0.2, 0) is 38.1 Å². The highest BCUT2D eigenvalue weighted by molar-refractivity contribution is 5.87. The molecule has 5 atom stereocenters. The van der Waals surface area contributed by atoms with Crippen molar-refractivity contribution in [2.24, 2.45) is 0 Å². The number of anilines is 1. The van der Waals surface area contributed by atoms with Crippen LogP contribution in [0.3, 0.4) is 0 Å². The number of hydrogen-bond donors (Lipinski definition) is 2. The molecule has 2 aliphatic heterocycles. The van der Waals surface area contributed by atoms with Crippen molar-refractivity contribution in [2.45, 2.75) is 51.4 Å². The summed E-state index contributed by atoms with van der Waals surface area (Å²) in [6, 6.07) is 0. The number of H-pyrrole nitrogens is 1. The van der Waals surface area contributed by atoms with E-state index < -0.39 is 60.0 Å². The number of nitrogens with one attached hydrogen (secondary N) is 2. The molecule has 14 heteroatoms. The second-order valence-electron chi connectivity index (χ2n) is 6.92. The Kier molecular flexibility index (Phi) is 4.93. The maximum Gasteiger partial charge on any atom is 0.350 e. The third-order valence-electron chi connectivity index (χ3n) is 4.61. The van der Waals surface area contributed by atoms with Crippen LogP contribution in [0.1, 0.15) is 27.0 Å². The minimum atomic E-state index is -1.36. The van der Waals surface area contributed by atoms with Gasteiger partial charge in [-0.25, -0.2) is 9.78 Å². The molecule has 0 radical (unpaired) electrons. The standard InChI is InChI=1S/C17H17N5O9/c1-5(23)19-17-20-13-8(14(26)21-17)22(4-18-13)15-11(28-6(2)24)9-10(30-15)12(16(27)31-9)29-7(3)25/h4,9-12,15H,1-3H3,(H2,19,20,21,23,26)/t9-,10-,11+,12-,15+/m0/s1. The van der Waals surface area contributed by atoms with E-state index in [2.05, 4.69) is 20.3 Å². The van der Waals surface area contributed by atoms with E-state index in [0.717, 1.165) is 13.8 Å². The number of fused-ring (bicyclic) bond motifs is 2. The molecule has 0 aliphatic carbocycles. The summed E-state index contributed by atoms with van der Waals surface area (Å²) in [5.41, 5.74) is -0.697. The van der Waals surface area contributed by atoms with E-state index in [0.29, 0.717) is 0 Å². The molecule has 2 fully saturated rings. The summed E-state index contributed by atoms with van der Waals surface area (Å²) in [6.45, 7) is 3.53. The van der Waals surface area contributed by atoms with Crippen LogP contribution in [0.25, 0.3) is 11.2 Å². The summed E-state index contributed by atoms with van der Waals surface area (Å²) in [5.74, 6) is -2.79. The first-order valence-corrected chi connectivity index (χ1v) is 9.10. The predicted octanol–water partition coefficient (Wildman–Crippen LogP) is -1.24. The first kappa shape index (κ1) is 20.5. The molecule has 4 heterocycles. The molecule has 2 aliphatic rings. The van der Waals surface area contributed by atoms with E-state index in [1.807, 2.05) is 0 Å². The summed E-state index contributed by atoms with van der Waals surface area (Å²) >= 11 is 0. The Balaban J connectivity index is 1.74. The van der Waals surface area contributed by atoms with Crippen LogP contribution >= 0.6 is 0 Å². The van der Waals surface area contributed by atoms with E-state index in [1.165, 1.54) is 17.8 Å². The number of nitrogens with zero attached hydrogens (tertiary/aromatic N) is 3. The lowest BCUT2D eigenvalue weighted by Crippen LogP contribution is -2.36. The molecule has 2 saturated heterocycles. The van der Waals surface area contributed by atoms with E-state index in [-0.39, 0.29) is 17.1 Å². The number of rotatable bonds is 4. The molecular weight excluding hydrogens is 418 g/mol. The van der Waals surface area contributed by atoms with Crippen LogP contribution in [0.4, 0.5) is 5.95 Å². The molecule has 1 amide bonds. The molecule has 0 aromatic carbocycles. The lowest BCUT2D eigenvalue weighted by Gasteiger charge is -2.22. The van der Waals surface area contributed by atoms with Crippen molar-refractivity contribution in [1.29, 1.82) is 0 Å². The highest BCUT2D eigenvalue weighted by Gasteiger charge is 2.61. The van der Waals surface area contributed by atoms with Crippen molar-refractivity contribution in [3.63, 3.8) is 0 Å². The van der Waals surface area contributed by atoms with Gasteiger partial charge in [0.05, 0.1) is 0 Å². The second-order valence-corrected chi connectivity index (χ2v) is 6.92. The van der Waals surface area contributed by atoms with E-state index in [4.69, 9.17) is 18.9 Å². The third-order valence-corrected chi connectivity index (χ3v) is 4.61. The predicted molar refractivity (Wildman–Crippen MR) is 97.4 cm³/mol. The molecule has 164 valence electrons. The fraction of sp³-hybridized carbons (Fsp3) is 0.471. The molecular formula is C17H17N5O9. The van der Waals surface area contributed by atoms with Gasteiger partial charge in [0, 0.05) is 20.8 Å². The largest absolute Gasteiger partial charge is 0.454 e.